The number of nitrogens with one attached hydrogen (secondary N) is 1. The molecular formula is C81H86Cl3F15N14O5. The lowest BCUT2D eigenvalue weighted by molar-refractivity contribution is -0.137. The molecule has 37 heteroatoms. The molecule has 16 rings (SSSR count). The maximum absolute atomic E-state index is 15.4. The van der Waals surface area contributed by atoms with Gasteiger partial charge in [0.05, 0.1) is 36.2 Å². The van der Waals surface area contributed by atoms with Crippen molar-refractivity contribution in [2.24, 2.45) is 0 Å². The number of imidazole rings is 2. The summed E-state index contributed by atoms with van der Waals surface area (Å²) in [5.74, 6) is -4.57. The highest BCUT2D eigenvalue weighted by molar-refractivity contribution is 6.33. The first-order valence-electron chi connectivity index (χ1n) is 35.9. The van der Waals surface area contributed by atoms with Gasteiger partial charge in [-0.2, -0.15) is 26.3 Å². The van der Waals surface area contributed by atoms with Crippen LogP contribution in [0.1, 0.15) is 147 Å². The molecule has 0 saturated carbocycles. The van der Waals surface area contributed by atoms with E-state index in [1.165, 1.54) is 139 Å². The number of amides is 2. The second kappa shape index (κ2) is 38.6. The topological polar surface area (TPSA) is 205 Å². The van der Waals surface area contributed by atoms with Gasteiger partial charge in [-0.3, -0.25) is 43.3 Å². The summed E-state index contributed by atoms with van der Waals surface area (Å²) in [5, 5.41) is 12.7. The van der Waals surface area contributed by atoms with E-state index in [0.29, 0.717) is 75.8 Å². The molecule has 5 fully saturated rings. The molecule has 0 atom stereocenters. The summed E-state index contributed by atoms with van der Waals surface area (Å²) in [6.45, 7) is 3.49. The molecule has 2 amide bonds. The highest BCUT2D eigenvalue weighted by Gasteiger charge is 2.46. The van der Waals surface area contributed by atoms with Crippen LogP contribution in [0.15, 0.2) is 162 Å². The van der Waals surface area contributed by atoms with Gasteiger partial charge in [0, 0.05) is 157 Å². The van der Waals surface area contributed by atoms with E-state index in [9.17, 15) is 71.8 Å². The lowest BCUT2D eigenvalue weighted by atomic mass is 9.88. The first-order chi connectivity index (χ1) is 54.1. The lowest BCUT2D eigenvalue weighted by Gasteiger charge is -2.36. The van der Waals surface area contributed by atoms with Crippen molar-refractivity contribution in [2.75, 3.05) is 79.5 Å². The van der Waals surface area contributed by atoms with Gasteiger partial charge in [-0.25, -0.2) is 49.5 Å². The molecule has 5 aliphatic rings. The number of halogens is 18. The largest absolute Gasteiger partial charge is 0.472 e. The van der Waals surface area contributed by atoms with E-state index in [1.54, 1.807) is 0 Å². The number of carbonyl (C=O) groups is 2. The van der Waals surface area contributed by atoms with E-state index >= 15 is 8.78 Å². The summed E-state index contributed by atoms with van der Waals surface area (Å²) in [6.07, 6.45) is 6.59. The Morgan fingerprint density at radius 2 is 0.729 bits per heavy atom. The number of hydrogen-bond donors (Lipinski definition) is 2. The number of nitrogens with zero attached hydrogens (tertiary/aromatic N) is 13. The van der Waals surface area contributed by atoms with E-state index in [1.807, 2.05) is 19.0 Å². The second-order valence-corrected chi connectivity index (χ2v) is 28.9. The van der Waals surface area contributed by atoms with Crippen molar-refractivity contribution in [3.8, 4) is 22.3 Å². The summed E-state index contributed by atoms with van der Waals surface area (Å²) < 4.78 is 223. The number of aromatic nitrogens is 9. The summed E-state index contributed by atoms with van der Waals surface area (Å²) in [4.78, 5) is 59.9. The lowest BCUT2D eigenvalue weighted by Crippen LogP contribution is -2.44. The van der Waals surface area contributed by atoms with Crippen LogP contribution in [0.2, 0.25) is 10.3 Å². The molecule has 0 aromatic carbocycles. The number of carbonyl (C=O) groups excluding carboxylic acids is 2. The Hall–Kier alpha value is -9.71. The van der Waals surface area contributed by atoms with Crippen LogP contribution in [-0.4, -0.2) is 160 Å². The third-order valence-electron chi connectivity index (χ3n) is 20.7. The molecule has 2 N–H and O–H groups in total. The van der Waals surface area contributed by atoms with Gasteiger partial charge < -0.3 is 38.9 Å². The molecule has 16 heterocycles. The van der Waals surface area contributed by atoms with Crippen molar-refractivity contribution in [3.05, 3.63) is 244 Å². The molecule has 5 saturated heterocycles. The standard InChI is InChI=1S/2C23H16ClF5N4O2.C11H14F2N2.C11H15FN2O.C10H12F2N2.3CH4.ClH/c2*24-19-17(21(34)32-7-4-22(26,5-8-32)18-16(25)2-1-6-30-18)31-20-15(23(27,28)29)10-14(11-33(19)20)13-3-9-35-12-13;1-15-7-4-11(13,5-8-15)10-9(12)3-2-6-14-10;1-14-7-4-11(15,5-8-14)10-9(12)3-2-6-13-10;11-8-2-1-5-14-9(8)10(12)3-6-13-7-4-10;;;;/h2*1-3,6,9-12H,4-5,7-8H2;2-3,6H,4-5,7-8H2,1H3;2-3,6,15H,4-5,7-8H2,1H3;1-2,5,13H,3-4,6-7H2;3*1H4;1H. The number of piperidine rings is 5. The first-order valence-corrected chi connectivity index (χ1v) is 36.7. The zero-order valence-corrected chi connectivity index (χ0v) is 63.6. The highest BCUT2D eigenvalue weighted by Crippen LogP contribution is 2.44. The van der Waals surface area contributed by atoms with E-state index in [0.717, 1.165) is 46.2 Å². The van der Waals surface area contributed by atoms with Crippen molar-refractivity contribution >= 4 is 58.7 Å². The molecule has 11 aromatic rings. The van der Waals surface area contributed by atoms with Crippen molar-refractivity contribution in [3.63, 3.8) is 0 Å². The fraction of sp³-hybridized carbons (Fsp3) is 0.395. The molecule has 5 aliphatic heterocycles. The minimum absolute atomic E-state index is 0. The first kappa shape index (κ1) is 93.8. The molecule has 0 radical (unpaired) electrons. The van der Waals surface area contributed by atoms with E-state index in [-0.39, 0.29) is 136 Å². The zero-order chi connectivity index (χ0) is 81.7. The normalized spacial score (nSPS) is 17.5. The molecule has 636 valence electrons. The SMILES string of the molecule is C.C.C.CN1CCC(F)(c2ncccc2F)CC1.CN1CCC(O)(c2ncccc2F)CC1.Cl.Fc1cccnc1C1(F)CCNCC1.O=C(c1nc2c(C(F)(F)F)cc(-c3ccoc3)cn2c1Cl)N1CCC(F)(c2ncccc2F)CC1.O=C(c1nc2c(C(F)(F)F)cc(-c3ccoc3)cn2c1Cl)N1CCC(F)(c2ncccc2F)CC1. The van der Waals surface area contributed by atoms with Gasteiger partial charge in [0.15, 0.2) is 45.4 Å². The van der Waals surface area contributed by atoms with Gasteiger partial charge in [0.1, 0.15) is 73.5 Å². The van der Waals surface area contributed by atoms with Crippen LogP contribution in [-0.2, 0) is 40.6 Å². The summed E-state index contributed by atoms with van der Waals surface area (Å²) in [7, 11) is 3.93. The Bertz CT molecular complexity index is 4890. The number of likely N-dealkylation sites (tertiary alicyclic amines) is 4. The third-order valence-corrected chi connectivity index (χ3v) is 21.4. The Morgan fingerprint density at radius 3 is 1.02 bits per heavy atom. The predicted molar refractivity (Wildman–Crippen MR) is 415 cm³/mol. The third kappa shape index (κ3) is 20.6. The average Bonchev–Trinajstić information content (AvgIpc) is 1.60. The Labute approximate surface area is 686 Å². The molecule has 118 heavy (non-hydrogen) atoms. The van der Waals surface area contributed by atoms with Gasteiger partial charge in [0.2, 0.25) is 0 Å². The summed E-state index contributed by atoms with van der Waals surface area (Å²) >= 11 is 12.7. The molecule has 0 bridgehead atoms. The van der Waals surface area contributed by atoms with Gasteiger partial charge in [-0.15, -0.1) is 12.4 Å². The van der Waals surface area contributed by atoms with Crippen LogP contribution in [0.5, 0.6) is 0 Å². The number of rotatable bonds is 9. The highest BCUT2D eigenvalue weighted by atomic mass is 35.5. The van der Waals surface area contributed by atoms with Gasteiger partial charge in [0.25, 0.3) is 11.8 Å². The zero-order valence-electron chi connectivity index (χ0n) is 61.3. The van der Waals surface area contributed by atoms with E-state index in [4.69, 9.17) is 32.0 Å². The fourth-order valence-electron chi connectivity index (χ4n) is 14.1. The summed E-state index contributed by atoms with van der Waals surface area (Å²) in [6, 6.07) is 18.0. The maximum Gasteiger partial charge on any atom is 0.420 e. The molecule has 19 nitrogen and oxygen atoms in total. The van der Waals surface area contributed by atoms with Crippen LogP contribution >= 0.6 is 35.6 Å². The van der Waals surface area contributed by atoms with E-state index in [2.05, 4.69) is 45.1 Å². The Balaban J connectivity index is 0.000000194. The summed E-state index contributed by atoms with van der Waals surface area (Å²) in [5.41, 5.74) is -11.9. The number of furan rings is 2. The molecular weight excluding hydrogens is 1640 g/mol. The van der Waals surface area contributed by atoms with E-state index < -0.39 is 115 Å². The number of hydrogen-bond acceptors (Lipinski definition) is 15. The van der Waals surface area contributed by atoms with Gasteiger partial charge in [-0.05, 0) is 138 Å². The van der Waals surface area contributed by atoms with Crippen LogP contribution in [0.3, 0.4) is 0 Å². The number of alkyl halides is 10. The van der Waals surface area contributed by atoms with Crippen molar-refractivity contribution in [1.29, 1.82) is 0 Å². The van der Waals surface area contributed by atoms with Crippen LogP contribution in [0.25, 0.3) is 33.5 Å². The van der Waals surface area contributed by atoms with Crippen molar-refractivity contribution < 1.29 is 89.4 Å². The molecule has 0 spiro atoms. The Kier molecular flexibility index (Phi) is 30.6. The average molecular weight is 1730 g/mol. The van der Waals surface area contributed by atoms with Crippen LogP contribution in [0.4, 0.5) is 65.9 Å². The number of pyridine rings is 7. The molecule has 0 unspecified atom stereocenters. The van der Waals surface area contributed by atoms with Crippen LogP contribution < -0.4 is 5.32 Å². The molecule has 11 aromatic heterocycles. The van der Waals surface area contributed by atoms with Crippen LogP contribution in [0, 0.1) is 29.1 Å². The number of fused-ring (bicyclic) bond motifs is 2. The second-order valence-electron chi connectivity index (χ2n) is 28.2. The Morgan fingerprint density at radius 1 is 0.441 bits per heavy atom. The quantitative estimate of drug-likeness (QED) is 0.129. The van der Waals surface area contributed by atoms with Gasteiger partial charge >= 0.3 is 12.4 Å². The van der Waals surface area contributed by atoms with Gasteiger partial charge in [-0.1, -0.05) is 45.5 Å². The number of aliphatic hydroxyl groups is 1. The minimum atomic E-state index is -4.78. The van der Waals surface area contributed by atoms with Crippen molar-refractivity contribution in [1.82, 2.24) is 68.6 Å². The molecule has 0 aliphatic carbocycles. The fourth-order valence-corrected chi connectivity index (χ4v) is 14.6. The predicted octanol–water partition coefficient (Wildman–Crippen LogP) is 19.1. The smallest absolute Gasteiger partial charge is 0.420 e. The maximum atomic E-state index is 15.4. The van der Waals surface area contributed by atoms with Crippen molar-refractivity contribution in [2.45, 2.75) is 127 Å². The minimum Gasteiger partial charge on any atom is -0.472 e. The monoisotopic (exact) mass is 1720 g/mol.